The van der Waals surface area contributed by atoms with Gasteiger partial charge in [0.2, 0.25) is 0 Å². The van der Waals surface area contributed by atoms with Crippen molar-refractivity contribution in [1.29, 1.82) is 0 Å². The molecule has 0 heterocycles. The minimum absolute atomic E-state index is 0.436. The second kappa shape index (κ2) is 5.58. The number of ether oxygens (including phenoxy) is 1. The average Bonchev–Trinajstić information content (AvgIpc) is 2.28. The summed E-state index contributed by atoms with van der Waals surface area (Å²) in [7, 11) is 1.52. The Labute approximate surface area is 125 Å². The number of benzene rings is 2. The molecule has 0 amide bonds. The third-order valence-electron chi connectivity index (χ3n) is 2.44. The summed E-state index contributed by atoms with van der Waals surface area (Å²) in [5.41, 5.74) is 1.62. The van der Waals surface area contributed by atoms with Crippen LogP contribution < -0.4 is 4.74 Å². The normalized spacial score (nSPS) is 10.5. The topological polar surface area (TPSA) is 9.23 Å². The summed E-state index contributed by atoms with van der Waals surface area (Å²) < 4.78 is 5.10. The molecule has 0 spiro atoms. The highest BCUT2D eigenvalue weighted by Gasteiger charge is 2.11. The second-order valence-electron chi connectivity index (χ2n) is 3.60. The predicted molar refractivity (Wildman–Crippen MR) is 78.5 cm³/mol. The molecule has 0 aromatic heterocycles. The predicted octanol–water partition coefficient (Wildman–Crippen LogP) is 5.98. The van der Waals surface area contributed by atoms with Crippen LogP contribution in [0.1, 0.15) is 0 Å². The summed E-state index contributed by atoms with van der Waals surface area (Å²) in [6.45, 7) is 0. The van der Waals surface area contributed by atoms with E-state index in [0.29, 0.717) is 25.8 Å². The van der Waals surface area contributed by atoms with Crippen LogP contribution in [0, 0.1) is 0 Å². The van der Waals surface area contributed by atoms with Gasteiger partial charge >= 0.3 is 0 Å². The van der Waals surface area contributed by atoms with Crippen molar-refractivity contribution in [2.45, 2.75) is 0 Å². The molecule has 0 aliphatic carbocycles. The lowest BCUT2D eigenvalue weighted by atomic mass is 10.1. The molecule has 2 rings (SSSR count). The molecule has 0 saturated carbocycles. The van der Waals surface area contributed by atoms with E-state index in [1.165, 1.54) is 7.11 Å². The van der Waals surface area contributed by atoms with Crippen LogP contribution in [-0.2, 0) is 0 Å². The molecule has 94 valence electrons. The molecule has 0 radical (unpaired) electrons. The zero-order valence-corrected chi connectivity index (χ0v) is 12.3. The van der Waals surface area contributed by atoms with Gasteiger partial charge in [0.1, 0.15) is 0 Å². The highest BCUT2D eigenvalue weighted by atomic mass is 35.5. The van der Waals surface area contributed by atoms with Gasteiger partial charge in [-0.25, -0.2) is 0 Å². The molecule has 0 aliphatic heterocycles. The van der Waals surface area contributed by atoms with Gasteiger partial charge in [-0.1, -0.05) is 52.5 Å². The van der Waals surface area contributed by atoms with Gasteiger partial charge in [-0.05, 0) is 29.8 Å². The summed E-state index contributed by atoms with van der Waals surface area (Å²) in [5, 5.41) is 1.99. The van der Waals surface area contributed by atoms with E-state index in [4.69, 9.17) is 51.1 Å². The van der Waals surface area contributed by atoms with Gasteiger partial charge in [0.25, 0.3) is 0 Å². The van der Waals surface area contributed by atoms with Crippen molar-refractivity contribution in [3.8, 4) is 16.9 Å². The Morgan fingerprint density at radius 2 is 1.44 bits per heavy atom. The first kappa shape index (κ1) is 13.8. The Balaban J connectivity index is 2.58. The maximum absolute atomic E-state index is 6.14. The van der Waals surface area contributed by atoms with Gasteiger partial charge in [-0.3, -0.25) is 0 Å². The van der Waals surface area contributed by atoms with E-state index >= 15 is 0 Å². The number of rotatable bonds is 2. The van der Waals surface area contributed by atoms with Gasteiger partial charge in [0.15, 0.2) is 5.75 Å². The van der Waals surface area contributed by atoms with E-state index in [-0.39, 0.29) is 0 Å². The molecule has 18 heavy (non-hydrogen) atoms. The standard InChI is InChI=1S/C13H8Cl4O/c1-18-13-11(16)4-7(5-12(13)17)9-3-2-8(14)6-10(9)15/h2-6H,1H3. The number of halogens is 4. The SMILES string of the molecule is COc1c(Cl)cc(-c2ccc(Cl)cc2Cl)cc1Cl. The third kappa shape index (κ3) is 2.70. The van der Waals surface area contributed by atoms with E-state index in [0.717, 1.165) is 11.1 Å². The number of hydrogen-bond acceptors (Lipinski definition) is 1. The lowest BCUT2D eigenvalue weighted by Gasteiger charge is -2.10. The molecule has 0 unspecified atom stereocenters. The van der Waals surface area contributed by atoms with E-state index < -0.39 is 0 Å². The smallest absolute Gasteiger partial charge is 0.156 e. The van der Waals surface area contributed by atoms with Crippen LogP contribution in [0.3, 0.4) is 0 Å². The molecule has 2 aromatic carbocycles. The summed E-state index contributed by atoms with van der Waals surface area (Å²) in [6, 6.07) is 8.75. The highest BCUT2D eigenvalue weighted by Crippen LogP contribution is 2.39. The van der Waals surface area contributed by atoms with Crippen molar-refractivity contribution < 1.29 is 4.74 Å². The highest BCUT2D eigenvalue weighted by molar-refractivity contribution is 6.38. The quantitative estimate of drug-likeness (QED) is 0.661. The van der Waals surface area contributed by atoms with Crippen molar-refractivity contribution in [2.24, 2.45) is 0 Å². The Morgan fingerprint density at radius 3 is 1.94 bits per heavy atom. The molecular weight excluding hydrogens is 314 g/mol. The monoisotopic (exact) mass is 320 g/mol. The third-order valence-corrected chi connectivity index (χ3v) is 3.55. The lowest BCUT2D eigenvalue weighted by molar-refractivity contribution is 0.415. The minimum Gasteiger partial charge on any atom is -0.494 e. The lowest BCUT2D eigenvalue weighted by Crippen LogP contribution is -1.88. The first-order valence-corrected chi connectivity index (χ1v) is 6.52. The van der Waals surface area contributed by atoms with Gasteiger partial charge in [0.05, 0.1) is 17.2 Å². The maximum atomic E-state index is 6.14. The van der Waals surface area contributed by atoms with Crippen LogP contribution in [0.25, 0.3) is 11.1 Å². The summed E-state index contributed by atoms with van der Waals surface area (Å²) in [5.74, 6) is 0.451. The van der Waals surface area contributed by atoms with E-state index in [1.807, 2.05) is 6.07 Å². The minimum atomic E-state index is 0.436. The van der Waals surface area contributed by atoms with E-state index in [2.05, 4.69) is 0 Å². The maximum Gasteiger partial charge on any atom is 0.156 e. The Hall–Kier alpha value is -0.600. The fourth-order valence-electron chi connectivity index (χ4n) is 1.63. The second-order valence-corrected chi connectivity index (χ2v) is 5.26. The molecule has 0 aliphatic rings. The molecule has 5 heteroatoms. The zero-order chi connectivity index (χ0) is 13.3. The van der Waals surface area contributed by atoms with Crippen LogP contribution in [0.5, 0.6) is 5.75 Å². The van der Waals surface area contributed by atoms with Gasteiger partial charge in [0, 0.05) is 15.6 Å². The van der Waals surface area contributed by atoms with Crippen molar-refractivity contribution in [3.63, 3.8) is 0 Å². The van der Waals surface area contributed by atoms with E-state index in [9.17, 15) is 0 Å². The summed E-state index contributed by atoms with van der Waals surface area (Å²) in [6.07, 6.45) is 0. The van der Waals surface area contributed by atoms with Gasteiger partial charge < -0.3 is 4.74 Å². The Kier molecular flexibility index (Phi) is 4.29. The molecule has 0 N–H and O–H groups in total. The van der Waals surface area contributed by atoms with Crippen LogP contribution >= 0.6 is 46.4 Å². The van der Waals surface area contributed by atoms with Crippen LogP contribution in [0.2, 0.25) is 20.1 Å². The van der Waals surface area contributed by atoms with Crippen molar-refractivity contribution >= 4 is 46.4 Å². The summed E-state index contributed by atoms with van der Waals surface area (Å²) in [4.78, 5) is 0. The van der Waals surface area contributed by atoms with Gasteiger partial charge in [-0.2, -0.15) is 0 Å². The number of hydrogen-bond donors (Lipinski definition) is 0. The van der Waals surface area contributed by atoms with Gasteiger partial charge in [-0.15, -0.1) is 0 Å². The summed E-state index contributed by atoms with van der Waals surface area (Å²) >= 11 is 24.2. The van der Waals surface area contributed by atoms with Crippen molar-refractivity contribution in [1.82, 2.24) is 0 Å². The van der Waals surface area contributed by atoms with Crippen LogP contribution in [0.4, 0.5) is 0 Å². The molecule has 0 bridgehead atoms. The van der Waals surface area contributed by atoms with Crippen molar-refractivity contribution in [3.05, 3.63) is 50.4 Å². The fourth-order valence-corrected chi connectivity index (χ4v) is 2.79. The fraction of sp³-hybridized carbons (Fsp3) is 0.0769. The molecule has 0 atom stereocenters. The van der Waals surface area contributed by atoms with Crippen LogP contribution in [-0.4, -0.2) is 7.11 Å². The zero-order valence-electron chi connectivity index (χ0n) is 9.31. The van der Waals surface area contributed by atoms with E-state index in [1.54, 1.807) is 24.3 Å². The van der Waals surface area contributed by atoms with Crippen molar-refractivity contribution in [2.75, 3.05) is 7.11 Å². The number of methoxy groups -OCH3 is 1. The largest absolute Gasteiger partial charge is 0.494 e. The van der Waals surface area contributed by atoms with Crippen LogP contribution in [0.15, 0.2) is 30.3 Å². The molecule has 0 fully saturated rings. The first-order chi connectivity index (χ1) is 8.52. The molecule has 2 aromatic rings. The Bertz CT molecular complexity index is 573. The average molecular weight is 322 g/mol. The molecular formula is C13H8Cl4O. The molecule has 1 nitrogen and oxygen atoms in total. The first-order valence-electron chi connectivity index (χ1n) is 5.01. The Morgan fingerprint density at radius 1 is 0.833 bits per heavy atom. The molecule has 0 saturated heterocycles.